The van der Waals surface area contributed by atoms with Gasteiger partial charge in [-0.2, -0.15) is 0 Å². The number of carbonyl (C=O) groups excluding carboxylic acids is 4. The lowest BCUT2D eigenvalue weighted by atomic mass is 10.2. The number of imidazole rings is 1. The molecule has 0 saturated heterocycles. The molecule has 0 fully saturated rings. The van der Waals surface area contributed by atoms with E-state index >= 15 is 0 Å². The number of aromatic nitrogens is 2. The van der Waals surface area contributed by atoms with Gasteiger partial charge in [-0.05, 0) is 36.4 Å². The minimum absolute atomic E-state index is 0.0669. The van der Waals surface area contributed by atoms with Crippen molar-refractivity contribution in [1.82, 2.24) is 20.0 Å². The van der Waals surface area contributed by atoms with Crippen LogP contribution in [0.25, 0.3) is 16.9 Å². The van der Waals surface area contributed by atoms with E-state index in [9.17, 15) is 19.2 Å². The SMILES string of the molecule is C=C(NC(=O)c1nc(-c2ccc(NC(C)=O)cc2)n2ccccc12)C(=O)NC(=C)C(=O)OC. The number of fused-ring (bicyclic) bond motifs is 1. The first-order valence-corrected chi connectivity index (χ1v) is 9.65. The lowest BCUT2D eigenvalue weighted by Gasteiger charge is -2.09. The Labute approximate surface area is 189 Å². The maximum Gasteiger partial charge on any atom is 0.353 e. The smallest absolute Gasteiger partial charge is 0.353 e. The van der Waals surface area contributed by atoms with Crippen LogP contribution in [0, 0.1) is 0 Å². The third-order valence-electron chi connectivity index (χ3n) is 4.46. The van der Waals surface area contributed by atoms with Crippen LogP contribution in [0.1, 0.15) is 17.4 Å². The van der Waals surface area contributed by atoms with E-state index in [-0.39, 0.29) is 23.0 Å². The van der Waals surface area contributed by atoms with Crippen LogP contribution in [0.15, 0.2) is 73.2 Å². The second kappa shape index (κ2) is 9.60. The summed E-state index contributed by atoms with van der Waals surface area (Å²) >= 11 is 0. The molecule has 2 aromatic heterocycles. The fraction of sp³-hybridized carbons (Fsp3) is 0.0870. The molecular formula is C23H21N5O5. The maximum absolute atomic E-state index is 12.9. The average molecular weight is 447 g/mol. The van der Waals surface area contributed by atoms with Gasteiger partial charge in [-0.15, -0.1) is 0 Å². The van der Waals surface area contributed by atoms with E-state index in [1.165, 1.54) is 6.92 Å². The van der Waals surface area contributed by atoms with Crippen molar-refractivity contribution in [3.05, 3.63) is 78.9 Å². The number of nitrogens with one attached hydrogen (secondary N) is 3. The Morgan fingerprint density at radius 3 is 2.30 bits per heavy atom. The molecule has 3 N–H and O–H groups in total. The van der Waals surface area contributed by atoms with Gasteiger partial charge < -0.3 is 20.7 Å². The van der Waals surface area contributed by atoms with Crippen LogP contribution in [0.5, 0.6) is 0 Å². The molecule has 3 rings (SSSR count). The number of nitrogens with zero attached hydrogens (tertiary/aromatic N) is 2. The number of carbonyl (C=O) groups is 4. The van der Waals surface area contributed by atoms with Gasteiger partial charge in [0.25, 0.3) is 11.8 Å². The maximum atomic E-state index is 12.9. The van der Waals surface area contributed by atoms with E-state index in [0.29, 0.717) is 22.6 Å². The summed E-state index contributed by atoms with van der Waals surface area (Å²) in [6.07, 6.45) is 1.75. The first-order valence-electron chi connectivity index (χ1n) is 9.65. The minimum Gasteiger partial charge on any atom is -0.464 e. The molecule has 0 aliphatic rings. The molecule has 0 aliphatic carbocycles. The van der Waals surface area contributed by atoms with Crippen molar-refractivity contribution in [1.29, 1.82) is 0 Å². The summed E-state index contributed by atoms with van der Waals surface area (Å²) in [6.45, 7) is 8.33. The zero-order valence-corrected chi connectivity index (χ0v) is 18.0. The van der Waals surface area contributed by atoms with Crippen LogP contribution in [-0.4, -0.2) is 40.2 Å². The highest BCUT2D eigenvalue weighted by Gasteiger charge is 2.21. The first kappa shape index (κ1) is 22.9. The summed E-state index contributed by atoms with van der Waals surface area (Å²) in [5.41, 5.74) is 1.30. The average Bonchev–Trinajstić information content (AvgIpc) is 3.18. The summed E-state index contributed by atoms with van der Waals surface area (Å²) in [4.78, 5) is 52.1. The second-order valence-electron chi connectivity index (χ2n) is 6.86. The predicted molar refractivity (Wildman–Crippen MR) is 121 cm³/mol. The Kier molecular flexibility index (Phi) is 6.68. The van der Waals surface area contributed by atoms with E-state index < -0.39 is 17.8 Å². The lowest BCUT2D eigenvalue weighted by Crippen LogP contribution is -2.35. The van der Waals surface area contributed by atoms with Crippen molar-refractivity contribution in [2.24, 2.45) is 0 Å². The van der Waals surface area contributed by atoms with Crippen molar-refractivity contribution in [3.63, 3.8) is 0 Å². The van der Waals surface area contributed by atoms with E-state index in [2.05, 4.69) is 38.8 Å². The summed E-state index contributed by atoms with van der Waals surface area (Å²) < 4.78 is 6.19. The third-order valence-corrected chi connectivity index (χ3v) is 4.46. The highest BCUT2D eigenvalue weighted by molar-refractivity contribution is 6.07. The lowest BCUT2D eigenvalue weighted by molar-refractivity contribution is -0.137. The number of pyridine rings is 1. The molecule has 0 atom stereocenters. The topological polar surface area (TPSA) is 131 Å². The Hall–Kier alpha value is -4.73. The molecule has 0 radical (unpaired) electrons. The monoisotopic (exact) mass is 447 g/mol. The molecule has 3 aromatic rings. The number of methoxy groups -OCH3 is 1. The van der Waals surface area contributed by atoms with Crippen LogP contribution in [-0.2, 0) is 19.1 Å². The van der Waals surface area contributed by atoms with Crippen LogP contribution in [0.4, 0.5) is 5.69 Å². The quantitative estimate of drug-likeness (QED) is 0.375. The standard InChI is InChI=1S/C23H21N5O5/c1-13(21(30)25-14(2)23(32)33-4)24-22(31)19-18-7-5-6-12-28(18)20(27-19)16-8-10-17(11-9-16)26-15(3)29/h5-12H,1-2H2,3-4H3,(H,24,31)(H,25,30)(H,26,29). The fourth-order valence-electron chi connectivity index (χ4n) is 2.95. The van der Waals surface area contributed by atoms with Gasteiger partial charge >= 0.3 is 5.97 Å². The van der Waals surface area contributed by atoms with E-state index in [1.54, 1.807) is 53.1 Å². The number of ether oxygens (including phenoxy) is 1. The summed E-state index contributed by atoms with van der Waals surface area (Å²) in [7, 11) is 1.14. The van der Waals surface area contributed by atoms with Crippen LogP contribution in [0.2, 0.25) is 0 Å². The van der Waals surface area contributed by atoms with Gasteiger partial charge in [-0.3, -0.25) is 18.8 Å². The molecule has 10 heteroatoms. The van der Waals surface area contributed by atoms with E-state index in [1.807, 2.05) is 0 Å². The van der Waals surface area contributed by atoms with Gasteiger partial charge in [-0.1, -0.05) is 19.2 Å². The zero-order valence-electron chi connectivity index (χ0n) is 18.0. The zero-order chi connectivity index (χ0) is 24.1. The van der Waals surface area contributed by atoms with Crippen molar-refractivity contribution >= 4 is 34.9 Å². The molecule has 0 bridgehead atoms. The van der Waals surface area contributed by atoms with Crippen molar-refractivity contribution < 1.29 is 23.9 Å². The summed E-state index contributed by atoms with van der Waals surface area (Å²) in [5, 5.41) is 7.27. The normalized spacial score (nSPS) is 10.2. The predicted octanol–water partition coefficient (Wildman–Crippen LogP) is 2.01. The molecule has 10 nitrogen and oxygen atoms in total. The van der Waals surface area contributed by atoms with Crippen LogP contribution < -0.4 is 16.0 Å². The Morgan fingerprint density at radius 1 is 0.970 bits per heavy atom. The molecule has 1 aromatic carbocycles. The highest BCUT2D eigenvalue weighted by Crippen LogP contribution is 2.24. The van der Waals surface area contributed by atoms with Crippen molar-refractivity contribution in [2.75, 3.05) is 12.4 Å². The molecule has 3 amide bonds. The number of hydrogen-bond donors (Lipinski definition) is 3. The minimum atomic E-state index is -0.823. The fourth-order valence-corrected chi connectivity index (χ4v) is 2.95. The van der Waals surface area contributed by atoms with Crippen LogP contribution in [0.3, 0.4) is 0 Å². The molecular weight excluding hydrogens is 426 g/mol. The molecule has 168 valence electrons. The molecule has 0 saturated carbocycles. The van der Waals surface area contributed by atoms with E-state index in [0.717, 1.165) is 7.11 Å². The molecule has 0 unspecified atom stereocenters. The van der Waals surface area contributed by atoms with Crippen molar-refractivity contribution in [2.45, 2.75) is 6.92 Å². The highest BCUT2D eigenvalue weighted by atomic mass is 16.5. The third kappa shape index (κ3) is 5.13. The number of benzene rings is 1. The number of esters is 1. The molecule has 33 heavy (non-hydrogen) atoms. The summed E-state index contributed by atoms with van der Waals surface area (Å²) in [6, 6.07) is 12.2. The second-order valence-corrected chi connectivity index (χ2v) is 6.86. The van der Waals surface area contributed by atoms with Gasteiger partial charge in [-0.25, -0.2) is 9.78 Å². The first-order chi connectivity index (χ1) is 15.7. The number of amides is 3. The largest absolute Gasteiger partial charge is 0.464 e. The van der Waals surface area contributed by atoms with Crippen LogP contribution >= 0.6 is 0 Å². The summed E-state index contributed by atoms with van der Waals surface area (Å²) in [5.74, 6) is -2.01. The molecule has 2 heterocycles. The van der Waals surface area contributed by atoms with Gasteiger partial charge in [0.15, 0.2) is 5.69 Å². The Morgan fingerprint density at radius 2 is 1.67 bits per heavy atom. The molecule has 0 spiro atoms. The molecule has 0 aliphatic heterocycles. The Balaban J connectivity index is 1.85. The number of rotatable bonds is 7. The van der Waals surface area contributed by atoms with E-state index in [4.69, 9.17) is 0 Å². The van der Waals surface area contributed by atoms with Gasteiger partial charge in [0.2, 0.25) is 5.91 Å². The van der Waals surface area contributed by atoms with Gasteiger partial charge in [0, 0.05) is 24.4 Å². The number of anilines is 1. The number of hydrogen-bond acceptors (Lipinski definition) is 6. The van der Waals surface area contributed by atoms with Gasteiger partial charge in [0.05, 0.1) is 18.3 Å². The Bertz CT molecular complexity index is 1290. The van der Waals surface area contributed by atoms with Crippen molar-refractivity contribution in [3.8, 4) is 11.4 Å². The van der Waals surface area contributed by atoms with Gasteiger partial charge in [0.1, 0.15) is 11.5 Å².